The standard InChI is InChI=1S/C16H18BrNO3/c1-12(10-21-16-7-8-18-9-15(16)17)20-11-13-3-5-14(19-2)6-4-13/h3-9,12H,10-11H2,1-2H3/t12-/m0/s1. The van der Waals surface area contributed by atoms with E-state index in [0.717, 1.165) is 21.5 Å². The van der Waals surface area contributed by atoms with Gasteiger partial charge < -0.3 is 14.2 Å². The first-order valence-corrected chi connectivity index (χ1v) is 7.45. The van der Waals surface area contributed by atoms with Crippen LogP contribution in [-0.4, -0.2) is 24.8 Å². The second-order valence-corrected chi connectivity index (χ2v) is 5.44. The summed E-state index contributed by atoms with van der Waals surface area (Å²) >= 11 is 3.40. The molecule has 0 aliphatic rings. The zero-order valence-electron chi connectivity index (χ0n) is 12.1. The van der Waals surface area contributed by atoms with Gasteiger partial charge in [0.15, 0.2) is 0 Å². The molecule has 4 nitrogen and oxygen atoms in total. The molecule has 0 saturated heterocycles. The third-order valence-electron chi connectivity index (χ3n) is 2.90. The van der Waals surface area contributed by atoms with Gasteiger partial charge in [0, 0.05) is 12.4 Å². The van der Waals surface area contributed by atoms with Gasteiger partial charge in [-0.25, -0.2) is 0 Å². The zero-order chi connectivity index (χ0) is 15.1. The van der Waals surface area contributed by atoms with Gasteiger partial charge >= 0.3 is 0 Å². The Morgan fingerprint density at radius 3 is 2.62 bits per heavy atom. The van der Waals surface area contributed by atoms with Crippen molar-refractivity contribution in [2.24, 2.45) is 0 Å². The van der Waals surface area contributed by atoms with Crippen LogP contribution in [0, 0.1) is 0 Å². The summed E-state index contributed by atoms with van der Waals surface area (Å²) in [6, 6.07) is 9.65. The van der Waals surface area contributed by atoms with Gasteiger partial charge in [-0.1, -0.05) is 12.1 Å². The lowest BCUT2D eigenvalue weighted by Gasteiger charge is -2.15. The maximum absolute atomic E-state index is 5.77. The van der Waals surface area contributed by atoms with Crippen molar-refractivity contribution in [2.45, 2.75) is 19.6 Å². The van der Waals surface area contributed by atoms with Crippen molar-refractivity contribution in [1.82, 2.24) is 4.98 Å². The minimum atomic E-state index is -0.00725. The van der Waals surface area contributed by atoms with Gasteiger partial charge in [-0.2, -0.15) is 0 Å². The Bertz CT molecular complexity index is 560. The van der Waals surface area contributed by atoms with E-state index in [4.69, 9.17) is 14.2 Å². The smallest absolute Gasteiger partial charge is 0.136 e. The molecule has 0 aliphatic carbocycles. The van der Waals surface area contributed by atoms with Crippen LogP contribution in [-0.2, 0) is 11.3 Å². The Kier molecular flexibility index (Phi) is 6.02. The molecule has 5 heteroatoms. The number of rotatable bonds is 7. The summed E-state index contributed by atoms with van der Waals surface area (Å²) in [7, 11) is 1.65. The number of halogens is 1. The van der Waals surface area contributed by atoms with Gasteiger partial charge in [0.25, 0.3) is 0 Å². The van der Waals surface area contributed by atoms with Crippen LogP contribution in [0.1, 0.15) is 12.5 Å². The highest BCUT2D eigenvalue weighted by Gasteiger charge is 2.06. The molecule has 0 saturated carbocycles. The lowest BCUT2D eigenvalue weighted by molar-refractivity contribution is 0.0212. The fourth-order valence-electron chi connectivity index (χ4n) is 1.69. The topological polar surface area (TPSA) is 40.6 Å². The van der Waals surface area contributed by atoms with Gasteiger partial charge in [-0.15, -0.1) is 0 Å². The number of benzene rings is 1. The monoisotopic (exact) mass is 351 g/mol. The summed E-state index contributed by atoms with van der Waals surface area (Å²) in [5.41, 5.74) is 1.10. The van der Waals surface area contributed by atoms with Crippen LogP contribution in [0.3, 0.4) is 0 Å². The highest BCUT2D eigenvalue weighted by atomic mass is 79.9. The Hall–Kier alpha value is -1.59. The van der Waals surface area contributed by atoms with E-state index in [-0.39, 0.29) is 6.10 Å². The van der Waals surface area contributed by atoms with E-state index in [9.17, 15) is 0 Å². The van der Waals surface area contributed by atoms with Crippen molar-refractivity contribution in [1.29, 1.82) is 0 Å². The van der Waals surface area contributed by atoms with Gasteiger partial charge in [0.1, 0.15) is 18.1 Å². The van der Waals surface area contributed by atoms with E-state index in [1.165, 1.54) is 0 Å². The second kappa shape index (κ2) is 8.00. The largest absolute Gasteiger partial charge is 0.497 e. The third-order valence-corrected chi connectivity index (χ3v) is 3.50. The fourth-order valence-corrected chi connectivity index (χ4v) is 2.06. The number of nitrogens with zero attached hydrogens (tertiary/aromatic N) is 1. The zero-order valence-corrected chi connectivity index (χ0v) is 13.7. The summed E-state index contributed by atoms with van der Waals surface area (Å²) < 4.78 is 17.4. The molecule has 0 radical (unpaired) electrons. The normalized spacial score (nSPS) is 12.0. The SMILES string of the molecule is COc1ccc(CO[C@@H](C)COc2ccncc2Br)cc1. The number of pyridine rings is 1. The van der Waals surface area contributed by atoms with E-state index in [0.29, 0.717) is 13.2 Å². The second-order valence-electron chi connectivity index (χ2n) is 4.59. The van der Waals surface area contributed by atoms with Crippen LogP contribution >= 0.6 is 15.9 Å². The number of hydrogen-bond donors (Lipinski definition) is 0. The molecule has 2 aromatic rings. The Balaban J connectivity index is 1.76. The molecule has 2 rings (SSSR count). The average Bonchev–Trinajstić information content (AvgIpc) is 2.52. The van der Waals surface area contributed by atoms with Crippen LogP contribution in [0.25, 0.3) is 0 Å². The number of methoxy groups -OCH3 is 1. The summed E-state index contributed by atoms with van der Waals surface area (Å²) in [6.45, 7) is 3.02. The van der Waals surface area contributed by atoms with Crippen LogP contribution in [0.5, 0.6) is 11.5 Å². The van der Waals surface area contributed by atoms with Crippen molar-refractivity contribution in [3.05, 3.63) is 52.8 Å². The van der Waals surface area contributed by atoms with Crippen molar-refractivity contribution in [3.63, 3.8) is 0 Å². The van der Waals surface area contributed by atoms with E-state index >= 15 is 0 Å². The number of aromatic nitrogens is 1. The molecule has 0 amide bonds. The van der Waals surface area contributed by atoms with Crippen molar-refractivity contribution < 1.29 is 14.2 Å². The molecule has 21 heavy (non-hydrogen) atoms. The third kappa shape index (κ3) is 5.02. The molecule has 0 unspecified atom stereocenters. The van der Waals surface area contributed by atoms with E-state index in [1.807, 2.05) is 37.3 Å². The highest BCUT2D eigenvalue weighted by Crippen LogP contribution is 2.22. The first kappa shape index (κ1) is 15.8. The molecular weight excluding hydrogens is 334 g/mol. The van der Waals surface area contributed by atoms with Gasteiger partial charge in [-0.05, 0) is 46.6 Å². The molecule has 0 spiro atoms. The molecule has 1 atom stereocenters. The summed E-state index contributed by atoms with van der Waals surface area (Å²) in [5.74, 6) is 1.61. The van der Waals surface area contributed by atoms with E-state index in [2.05, 4.69) is 20.9 Å². The maximum atomic E-state index is 5.77. The van der Waals surface area contributed by atoms with Crippen LogP contribution in [0.2, 0.25) is 0 Å². The van der Waals surface area contributed by atoms with E-state index < -0.39 is 0 Å². The van der Waals surface area contributed by atoms with Crippen molar-refractivity contribution >= 4 is 15.9 Å². The fraction of sp³-hybridized carbons (Fsp3) is 0.312. The Morgan fingerprint density at radius 1 is 1.19 bits per heavy atom. The number of hydrogen-bond acceptors (Lipinski definition) is 4. The summed E-state index contributed by atoms with van der Waals surface area (Å²) in [6.07, 6.45) is 3.40. The average molecular weight is 352 g/mol. The Labute approximate surface area is 133 Å². The van der Waals surface area contributed by atoms with Gasteiger partial charge in [0.2, 0.25) is 0 Å². The minimum absolute atomic E-state index is 0.00725. The first-order valence-electron chi connectivity index (χ1n) is 6.66. The molecule has 0 aliphatic heterocycles. The minimum Gasteiger partial charge on any atom is -0.497 e. The van der Waals surface area contributed by atoms with Crippen LogP contribution in [0.15, 0.2) is 47.2 Å². The van der Waals surface area contributed by atoms with Gasteiger partial charge in [-0.3, -0.25) is 4.98 Å². The van der Waals surface area contributed by atoms with Crippen molar-refractivity contribution in [2.75, 3.05) is 13.7 Å². The van der Waals surface area contributed by atoms with Crippen LogP contribution in [0.4, 0.5) is 0 Å². The molecule has 1 aromatic carbocycles. The quantitative estimate of drug-likeness (QED) is 0.759. The highest BCUT2D eigenvalue weighted by molar-refractivity contribution is 9.10. The molecule has 1 aromatic heterocycles. The summed E-state index contributed by atoms with van der Waals surface area (Å²) in [5, 5.41) is 0. The van der Waals surface area contributed by atoms with E-state index in [1.54, 1.807) is 19.5 Å². The predicted molar refractivity (Wildman–Crippen MR) is 84.7 cm³/mol. The Morgan fingerprint density at radius 2 is 1.95 bits per heavy atom. The molecule has 0 fully saturated rings. The number of ether oxygens (including phenoxy) is 3. The molecular formula is C16H18BrNO3. The summed E-state index contributed by atoms with van der Waals surface area (Å²) in [4.78, 5) is 3.99. The molecule has 112 valence electrons. The van der Waals surface area contributed by atoms with Crippen molar-refractivity contribution in [3.8, 4) is 11.5 Å². The molecule has 0 bridgehead atoms. The first-order chi connectivity index (χ1) is 10.2. The maximum Gasteiger partial charge on any atom is 0.136 e. The van der Waals surface area contributed by atoms with Crippen LogP contribution < -0.4 is 9.47 Å². The lowest BCUT2D eigenvalue weighted by Crippen LogP contribution is -2.18. The molecule has 1 heterocycles. The lowest BCUT2D eigenvalue weighted by atomic mass is 10.2. The predicted octanol–water partition coefficient (Wildman–Crippen LogP) is 3.84. The molecule has 0 N–H and O–H groups in total. The van der Waals surface area contributed by atoms with Gasteiger partial charge in [0.05, 0.1) is 24.3 Å².